The van der Waals surface area contributed by atoms with Gasteiger partial charge >= 0.3 is 0 Å². The molecule has 0 unspecified atom stereocenters. The zero-order chi connectivity index (χ0) is 9.76. The zero-order valence-electron chi connectivity index (χ0n) is 8.69. The van der Waals surface area contributed by atoms with Crippen LogP contribution >= 0.6 is 0 Å². The smallest absolute Gasteiger partial charge is 0.0516 e. The van der Waals surface area contributed by atoms with Gasteiger partial charge in [-0.05, 0) is 61.3 Å². The maximum absolute atomic E-state index is 8.67. The summed E-state index contributed by atoms with van der Waals surface area (Å²) in [4.78, 5) is 3.08. The third kappa shape index (κ3) is 0.964. The SMILES string of the molecule is CC1(N=[N+]=[N-])C2CC3CC(C2)CC1C3. The van der Waals surface area contributed by atoms with Crippen LogP contribution in [0.2, 0.25) is 0 Å². The van der Waals surface area contributed by atoms with E-state index in [1.165, 1.54) is 32.1 Å². The first-order chi connectivity index (χ1) is 6.72. The molecule has 4 rings (SSSR count). The van der Waals surface area contributed by atoms with E-state index >= 15 is 0 Å². The van der Waals surface area contributed by atoms with Crippen molar-refractivity contribution in [2.24, 2.45) is 28.8 Å². The van der Waals surface area contributed by atoms with E-state index < -0.39 is 0 Å². The molecule has 4 bridgehead atoms. The lowest BCUT2D eigenvalue weighted by atomic mass is 9.49. The third-order valence-corrected chi connectivity index (χ3v) is 5.05. The van der Waals surface area contributed by atoms with Crippen LogP contribution in [0.3, 0.4) is 0 Å². The molecule has 4 aliphatic carbocycles. The number of hydrogen-bond donors (Lipinski definition) is 0. The van der Waals surface area contributed by atoms with E-state index in [2.05, 4.69) is 16.9 Å². The molecule has 76 valence electrons. The van der Waals surface area contributed by atoms with Gasteiger partial charge in [0.2, 0.25) is 0 Å². The van der Waals surface area contributed by atoms with Gasteiger partial charge in [0, 0.05) is 4.91 Å². The van der Waals surface area contributed by atoms with E-state index in [1.54, 1.807) is 0 Å². The van der Waals surface area contributed by atoms with Crippen LogP contribution in [-0.2, 0) is 0 Å². The van der Waals surface area contributed by atoms with Crippen LogP contribution in [-0.4, -0.2) is 5.54 Å². The fourth-order valence-corrected chi connectivity index (χ4v) is 4.40. The molecule has 4 fully saturated rings. The lowest BCUT2D eigenvalue weighted by molar-refractivity contribution is -0.0460. The first-order valence-corrected chi connectivity index (χ1v) is 5.78. The molecule has 4 saturated carbocycles. The van der Waals surface area contributed by atoms with Gasteiger partial charge in [0.1, 0.15) is 0 Å². The van der Waals surface area contributed by atoms with Gasteiger partial charge in [-0.1, -0.05) is 12.0 Å². The Hall–Kier alpha value is -0.690. The van der Waals surface area contributed by atoms with Gasteiger partial charge in [0.15, 0.2) is 0 Å². The van der Waals surface area contributed by atoms with Crippen molar-refractivity contribution in [1.82, 2.24) is 0 Å². The first-order valence-electron chi connectivity index (χ1n) is 5.78. The molecule has 0 amide bonds. The van der Waals surface area contributed by atoms with Gasteiger partial charge in [0.05, 0.1) is 5.54 Å². The molecule has 0 aliphatic heterocycles. The van der Waals surface area contributed by atoms with Gasteiger partial charge in [-0.2, -0.15) is 0 Å². The molecular weight excluding hydrogens is 174 g/mol. The van der Waals surface area contributed by atoms with Gasteiger partial charge in [-0.15, -0.1) is 0 Å². The van der Waals surface area contributed by atoms with E-state index in [1.807, 2.05) is 0 Å². The quantitative estimate of drug-likeness (QED) is 0.346. The van der Waals surface area contributed by atoms with Crippen molar-refractivity contribution in [3.63, 3.8) is 0 Å². The number of azide groups is 1. The summed E-state index contributed by atoms with van der Waals surface area (Å²) in [6.07, 6.45) is 6.75. The van der Waals surface area contributed by atoms with Crippen molar-refractivity contribution < 1.29 is 0 Å². The summed E-state index contributed by atoms with van der Waals surface area (Å²) in [7, 11) is 0. The minimum Gasteiger partial charge on any atom is -0.0870 e. The van der Waals surface area contributed by atoms with Gasteiger partial charge < -0.3 is 0 Å². The van der Waals surface area contributed by atoms with Gasteiger partial charge in [-0.25, -0.2) is 0 Å². The molecule has 0 aromatic rings. The van der Waals surface area contributed by atoms with Crippen molar-refractivity contribution in [1.29, 1.82) is 0 Å². The lowest BCUT2D eigenvalue weighted by Gasteiger charge is -2.58. The van der Waals surface area contributed by atoms with Crippen LogP contribution in [0.1, 0.15) is 39.0 Å². The molecule has 0 atom stereocenters. The van der Waals surface area contributed by atoms with Crippen LogP contribution < -0.4 is 0 Å². The Kier molecular flexibility index (Phi) is 1.64. The van der Waals surface area contributed by atoms with Crippen LogP contribution in [0.15, 0.2) is 5.11 Å². The maximum Gasteiger partial charge on any atom is 0.0516 e. The zero-order valence-corrected chi connectivity index (χ0v) is 8.69. The molecule has 0 N–H and O–H groups in total. The Morgan fingerprint density at radius 3 is 2.00 bits per heavy atom. The Morgan fingerprint density at radius 2 is 1.57 bits per heavy atom. The topological polar surface area (TPSA) is 48.8 Å². The summed E-state index contributed by atoms with van der Waals surface area (Å²) >= 11 is 0. The van der Waals surface area contributed by atoms with Crippen LogP contribution in [0.5, 0.6) is 0 Å². The molecule has 3 heteroatoms. The average Bonchev–Trinajstić information content (AvgIpc) is 2.14. The van der Waals surface area contributed by atoms with E-state index in [9.17, 15) is 0 Å². The van der Waals surface area contributed by atoms with E-state index in [4.69, 9.17) is 5.53 Å². The fourth-order valence-electron chi connectivity index (χ4n) is 4.40. The van der Waals surface area contributed by atoms with Crippen molar-refractivity contribution in [2.75, 3.05) is 0 Å². The first kappa shape index (κ1) is 8.60. The molecule has 0 saturated heterocycles. The molecule has 0 aromatic carbocycles. The lowest BCUT2D eigenvalue weighted by Crippen LogP contribution is -2.54. The molecule has 0 radical (unpaired) electrons. The third-order valence-electron chi connectivity index (χ3n) is 5.05. The second-order valence-corrected chi connectivity index (χ2v) is 5.72. The monoisotopic (exact) mass is 191 g/mol. The maximum atomic E-state index is 8.67. The van der Waals surface area contributed by atoms with E-state index in [0.717, 1.165) is 11.8 Å². The fraction of sp³-hybridized carbons (Fsp3) is 1.00. The molecular formula is C11H17N3. The number of nitrogens with zero attached hydrogens (tertiary/aromatic N) is 3. The Labute approximate surface area is 84.5 Å². The molecule has 4 aliphatic rings. The number of hydrogen-bond acceptors (Lipinski definition) is 1. The number of rotatable bonds is 1. The van der Waals surface area contributed by atoms with Crippen molar-refractivity contribution in [2.45, 2.75) is 44.6 Å². The second-order valence-electron chi connectivity index (χ2n) is 5.72. The summed E-state index contributed by atoms with van der Waals surface area (Å²) in [5.74, 6) is 3.29. The van der Waals surface area contributed by atoms with Crippen LogP contribution in [0.25, 0.3) is 10.4 Å². The highest BCUT2D eigenvalue weighted by Gasteiger charge is 2.54. The molecule has 0 aromatic heterocycles. The highest BCUT2D eigenvalue weighted by molar-refractivity contribution is 5.09. The molecule has 0 spiro atoms. The van der Waals surface area contributed by atoms with E-state index in [-0.39, 0.29) is 5.54 Å². The predicted molar refractivity (Wildman–Crippen MR) is 54.6 cm³/mol. The summed E-state index contributed by atoms with van der Waals surface area (Å²) in [5, 5.41) is 4.14. The minimum atomic E-state index is -0.0395. The summed E-state index contributed by atoms with van der Waals surface area (Å²) < 4.78 is 0. The summed E-state index contributed by atoms with van der Waals surface area (Å²) in [5.41, 5.74) is 8.63. The summed E-state index contributed by atoms with van der Waals surface area (Å²) in [6.45, 7) is 2.19. The minimum absolute atomic E-state index is 0.0395. The molecule has 3 nitrogen and oxygen atoms in total. The highest BCUT2D eigenvalue weighted by Crippen LogP contribution is 2.59. The second kappa shape index (κ2) is 2.66. The summed E-state index contributed by atoms with van der Waals surface area (Å²) in [6, 6.07) is 0. The van der Waals surface area contributed by atoms with Gasteiger partial charge in [-0.3, -0.25) is 0 Å². The largest absolute Gasteiger partial charge is 0.0870 e. The molecule has 0 heterocycles. The van der Waals surface area contributed by atoms with Gasteiger partial charge in [0.25, 0.3) is 0 Å². The Bertz CT molecular complexity index is 276. The van der Waals surface area contributed by atoms with Crippen molar-refractivity contribution >= 4 is 0 Å². The normalized spacial score (nSPS) is 54.4. The predicted octanol–water partition coefficient (Wildman–Crippen LogP) is 3.51. The Balaban J connectivity index is 1.98. The standard InChI is InChI=1S/C11H17N3/c1-11(13-14-12)9-3-7-2-8(5-9)6-10(11)4-7/h7-10H,2-6H2,1H3. The molecule has 14 heavy (non-hydrogen) atoms. The van der Waals surface area contributed by atoms with Crippen LogP contribution in [0.4, 0.5) is 0 Å². The van der Waals surface area contributed by atoms with E-state index in [0.29, 0.717) is 11.8 Å². The van der Waals surface area contributed by atoms with Crippen molar-refractivity contribution in [3.05, 3.63) is 10.4 Å². The average molecular weight is 191 g/mol. The Morgan fingerprint density at radius 1 is 1.07 bits per heavy atom. The van der Waals surface area contributed by atoms with Crippen molar-refractivity contribution in [3.8, 4) is 0 Å². The highest BCUT2D eigenvalue weighted by atomic mass is 15.2. The van der Waals surface area contributed by atoms with Crippen LogP contribution in [0, 0.1) is 23.7 Å².